The number of guanidine groups is 1. The van der Waals surface area contributed by atoms with E-state index >= 15 is 0 Å². The third kappa shape index (κ3) is 5.77. The van der Waals surface area contributed by atoms with Gasteiger partial charge in [-0.1, -0.05) is 24.3 Å². The molecule has 0 radical (unpaired) electrons. The van der Waals surface area contributed by atoms with Crippen molar-refractivity contribution < 1.29 is 0 Å². The van der Waals surface area contributed by atoms with Gasteiger partial charge < -0.3 is 10.6 Å². The van der Waals surface area contributed by atoms with Crippen LogP contribution in [0.25, 0.3) is 11.3 Å². The SMILES string of the molecule is CN=C(NCc1cccc(-c2ccccn2)c1)NCc1ncc(C)s1.I. The lowest BCUT2D eigenvalue weighted by Gasteiger charge is -2.11. The summed E-state index contributed by atoms with van der Waals surface area (Å²) < 4.78 is 0. The van der Waals surface area contributed by atoms with Gasteiger partial charge in [0.15, 0.2) is 5.96 Å². The number of rotatable bonds is 5. The standard InChI is InChI=1S/C19H21N5S.HI/c1-14-11-22-18(25-14)13-24-19(20-2)23-12-15-6-5-7-16(10-15)17-8-3-4-9-21-17;/h3-11H,12-13H2,1-2H3,(H2,20,23,24);1H. The maximum atomic E-state index is 4.40. The second-order valence-electron chi connectivity index (χ2n) is 5.56. The largest absolute Gasteiger partial charge is 0.352 e. The predicted molar refractivity (Wildman–Crippen MR) is 119 cm³/mol. The van der Waals surface area contributed by atoms with Crippen LogP contribution in [-0.2, 0) is 13.1 Å². The van der Waals surface area contributed by atoms with Crippen LogP contribution in [0.2, 0.25) is 0 Å². The van der Waals surface area contributed by atoms with Gasteiger partial charge in [0.1, 0.15) is 5.01 Å². The first kappa shape index (κ1) is 20.3. The minimum Gasteiger partial charge on any atom is -0.352 e. The monoisotopic (exact) mass is 479 g/mol. The summed E-state index contributed by atoms with van der Waals surface area (Å²) in [4.78, 5) is 14.2. The van der Waals surface area contributed by atoms with Crippen LogP contribution >= 0.6 is 35.3 Å². The van der Waals surface area contributed by atoms with Gasteiger partial charge in [-0.3, -0.25) is 9.98 Å². The van der Waals surface area contributed by atoms with Gasteiger partial charge in [0.05, 0.1) is 12.2 Å². The van der Waals surface area contributed by atoms with Crippen LogP contribution in [0.3, 0.4) is 0 Å². The Balaban J connectivity index is 0.00000243. The number of aryl methyl sites for hydroxylation is 1. The highest BCUT2D eigenvalue weighted by Crippen LogP contribution is 2.17. The normalized spacial score (nSPS) is 10.9. The number of nitrogens with one attached hydrogen (secondary N) is 2. The molecule has 136 valence electrons. The number of nitrogens with zero attached hydrogens (tertiary/aromatic N) is 3. The zero-order chi connectivity index (χ0) is 17.5. The van der Waals surface area contributed by atoms with Gasteiger partial charge >= 0.3 is 0 Å². The summed E-state index contributed by atoms with van der Waals surface area (Å²) in [7, 11) is 1.77. The Hall–Kier alpha value is -2.00. The van der Waals surface area contributed by atoms with Gasteiger partial charge in [-0.25, -0.2) is 4.98 Å². The molecule has 5 nitrogen and oxygen atoms in total. The highest BCUT2D eigenvalue weighted by molar-refractivity contribution is 14.0. The van der Waals surface area contributed by atoms with Crippen molar-refractivity contribution in [3.63, 3.8) is 0 Å². The van der Waals surface area contributed by atoms with E-state index in [1.165, 1.54) is 10.4 Å². The third-order valence-corrected chi connectivity index (χ3v) is 4.56. The van der Waals surface area contributed by atoms with Crippen molar-refractivity contribution in [2.45, 2.75) is 20.0 Å². The Kier molecular flexibility index (Phi) is 7.99. The number of halogens is 1. The quantitative estimate of drug-likeness (QED) is 0.330. The Morgan fingerprint density at radius 1 is 1.08 bits per heavy atom. The molecule has 0 aliphatic rings. The highest BCUT2D eigenvalue weighted by Gasteiger charge is 2.03. The molecular formula is C19H22IN5S. The van der Waals surface area contributed by atoms with Crippen molar-refractivity contribution in [1.29, 1.82) is 0 Å². The van der Waals surface area contributed by atoms with E-state index in [0.717, 1.165) is 22.2 Å². The van der Waals surface area contributed by atoms with Crippen molar-refractivity contribution in [3.8, 4) is 11.3 Å². The molecule has 0 saturated carbocycles. The van der Waals surface area contributed by atoms with Crippen LogP contribution in [0.5, 0.6) is 0 Å². The number of hydrogen-bond acceptors (Lipinski definition) is 4. The van der Waals surface area contributed by atoms with E-state index in [1.807, 2.05) is 30.6 Å². The highest BCUT2D eigenvalue weighted by atomic mass is 127. The average Bonchev–Trinajstić information content (AvgIpc) is 3.08. The number of benzene rings is 1. The summed E-state index contributed by atoms with van der Waals surface area (Å²) in [5.41, 5.74) is 3.27. The van der Waals surface area contributed by atoms with Crippen molar-refractivity contribution >= 4 is 41.3 Å². The molecule has 0 aliphatic heterocycles. The minimum atomic E-state index is 0. The van der Waals surface area contributed by atoms with Gasteiger partial charge in [0.2, 0.25) is 0 Å². The molecule has 7 heteroatoms. The van der Waals surface area contributed by atoms with E-state index in [9.17, 15) is 0 Å². The van der Waals surface area contributed by atoms with E-state index in [-0.39, 0.29) is 24.0 Å². The molecule has 0 fully saturated rings. The smallest absolute Gasteiger partial charge is 0.191 e. The third-order valence-electron chi connectivity index (χ3n) is 3.65. The lowest BCUT2D eigenvalue weighted by atomic mass is 10.1. The average molecular weight is 479 g/mol. The molecule has 3 rings (SSSR count). The second-order valence-corrected chi connectivity index (χ2v) is 6.88. The van der Waals surface area contributed by atoms with Gasteiger partial charge in [-0.15, -0.1) is 35.3 Å². The van der Waals surface area contributed by atoms with Gasteiger partial charge in [-0.05, 0) is 30.7 Å². The van der Waals surface area contributed by atoms with Crippen molar-refractivity contribution in [2.75, 3.05) is 7.05 Å². The zero-order valence-electron chi connectivity index (χ0n) is 14.8. The maximum Gasteiger partial charge on any atom is 0.191 e. The number of thiazole rings is 1. The lowest BCUT2D eigenvalue weighted by Crippen LogP contribution is -2.36. The topological polar surface area (TPSA) is 62.2 Å². The van der Waals surface area contributed by atoms with Gasteiger partial charge in [0.25, 0.3) is 0 Å². The molecule has 0 atom stereocenters. The fourth-order valence-electron chi connectivity index (χ4n) is 2.42. The fraction of sp³-hybridized carbons (Fsp3) is 0.211. The molecule has 0 amide bonds. The molecule has 1 aromatic carbocycles. The van der Waals surface area contributed by atoms with Crippen LogP contribution in [0.4, 0.5) is 0 Å². The molecule has 2 heterocycles. The van der Waals surface area contributed by atoms with Crippen LogP contribution in [0, 0.1) is 6.92 Å². The van der Waals surface area contributed by atoms with Crippen LogP contribution in [-0.4, -0.2) is 23.0 Å². The molecular weight excluding hydrogens is 457 g/mol. The first-order valence-electron chi connectivity index (χ1n) is 8.11. The Bertz CT molecular complexity index is 848. The Labute approximate surface area is 175 Å². The Morgan fingerprint density at radius 2 is 1.92 bits per heavy atom. The Morgan fingerprint density at radius 3 is 2.62 bits per heavy atom. The predicted octanol–water partition coefficient (Wildman–Crippen LogP) is 4.00. The molecule has 0 aliphatic carbocycles. The van der Waals surface area contributed by atoms with Crippen molar-refractivity contribution in [1.82, 2.24) is 20.6 Å². The summed E-state index contributed by atoms with van der Waals surface area (Å²) in [6.45, 7) is 3.42. The summed E-state index contributed by atoms with van der Waals surface area (Å²) in [6, 6.07) is 14.3. The van der Waals surface area contributed by atoms with E-state index in [2.05, 4.69) is 56.8 Å². The van der Waals surface area contributed by atoms with Crippen LogP contribution in [0.1, 0.15) is 15.4 Å². The molecule has 2 aromatic heterocycles. The first-order chi connectivity index (χ1) is 12.2. The fourth-order valence-corrected chi connectivity index (χ4v) is 3.15. The van der Waals surface area contributed by atoms with E-state index in [4.69, 9.17) is 0 Å². The summed E-state index contributed by atoms with van der Waals surface area (Å²) in [5.74, 6) is 0.760. The van der Waals surface area contributed by atoms with Crippen molar-refractivity contribution in [3.05, 3.63) is 70.3 Å². The molecule has 0 bridgehead atoms. The van der Waals surface area contributed by atoms with Crippen LogP contribution < -0.4 is 10.6 Å². The number of hydrogen-bond donors (Lipinski definition) is 2. The molecule has 0 saturated heterocycles. The maximum absolute atomic E-state index is 4.40. The second kappa shape index (κ2) is 10.2. The molecule has 0 unspecified atom stereocenters. The van der Waals surface area contributed by atoms with E-state index in [1.54, 1.807) is 18.4 Å². The summed E-state index contributed by atoms with van der Waals surface area (Å²) >= 11 is 1.69. The minimum absolute atomic E-state index is 0. The van der Waals surface area contributed by atoms with E-state index in [0.29, 0.717) is 13.1 Å². The number of aliphatic imine (C=N–C) groups is 1. The summed E-state index contributed by atoms with van der Waals surface area (Å²) in [6.07, 6.45) is 3.70. The summed E-state index contributed by atoms with van der Waals surface area (Å²) in [5, 5.41) is 7.68. The molecule has 0 spiro atoms. The molecule has 3 aromatic rings. The number of pyridine rings is 1. The van der Waals surface area contributed by atoms with E-state index < -0.39 is 0 Å². The zero-order valence-corrected chi connectivity index (χ0v) is 17.9. The lowest BCUT2D eigenvalue weighted by molar-refractivity contribution is 0.805. The number of aromatic nitrogens is 2. The first-order valence-corrected chi connectivity index (χ1v) is 8.92. The van der Waals surface area contributed by atoms with Crippen LogP contribution in [0.15, 0.2) is 59.9 Å². The molecule has 26 heavy (non-hydrogen) atoms. The van der Waals surface area contributed by atoms with Crippen molar-refractivity contribution in [2.24, 2.45) is 4.99 Å². The molecule has 2 N–H and O–H groups in total. The van der Waals surface area contributed by atoms with Gasteiger partial charge in [0, 0.05) is 36.4 Å². The van der Waals surface area contributed by atoms with Gasteiger partial charge in [-0.2, -0.15) is 0 Å².